The molecule has 5 rings (SSSR count). The van der Waals surface area contributed by atoms with Crippen LogP contribution in [0.15, 0.2) is 60.9 Å². The fraction of sp³-hybridized carbons (Fsp3) is 0.433. The molecule has 2 aliphatic rings. The van der Waals surface area contributed by atoms with E-state index in [0.717, 1.165) is 62.2 Å². The minimum atomic E-state index is -3.32. The SMILES string of the molecule is Cc1ccc(NC(=O)N(CC2CCC2)C2CCN(Cc3ccc(Oc4ccc(NS(C)(=O)=O)cc4)nc3)CC2)cn1. The van der Waals surface area contributed by atoms with E-state index < -0.39 is 10.0 Å². The van der Waals surface area contributed by atoms with Crippen LogP contribution < -0.4 is 14.8 Å². The highest BCUT2D eigenvalue weighted by Crippen LogP contribution is 2.30. The summed E-state index contributed by atoms with van der Waals surface area (Å²) in [5, 5.41) is 3.07. The zero-order valence-electron chi connectivity index (χ0n) is 23.6. The number of rotatable bonds is 10. The molecule has 1 saturated carbocycles. The Bertz CT molecular complexity index is 1400. The maximum Gasteiger partial charge on any atom is 0.322 e. The van der Waals surface area contributed by atoms with Gasteiger partial charge in [-0.25, -0.2) is 18.2 Å². The Kier molecular flexibility index (Phi) is 9.04. The lowest BCUT2D eigenvalue weighted by Crippen LogP contribution is -2.50. The van der Waals surface area contributed by atoms with Crippen LogP contribution in [-0.2, 0) is 16.6 Å². The van der Waals surface area contributed by atoms with Crippen molar-refractivity contribution in [2.75, 3.05) is 35.9 Å². The van der Waals surface area contributed by atoms with Gasteiger partial charge in [0.15, 0.2) is 0 Å². The van der Waals surface area contributed by atoms with Crippen LogP contribution in [0.2, 0.25) is 0 Å². The predicted molar refractivity (Wildman–Crippen MR) is 160 cm³/mol. The van der Waals surface area contributed by atoms with Crippen molar-refractivity contribution in [1.29, 1.82) is 0 Å². The molecule has 1 aliphatic heterocycles. The molecule has 218 valence electrons. The number of pyridine rings is 2. The van der Waals surface area contributed by atoms with Crippen LogP contribution in [0.25, 0.3) is 0 Å². The van der Waals surface area contributed by atoms with Crippen molar-refractivity contribution in [2.45, 2.75) is 51.6 Å². The zero-order valence-corrected chi connectivity index (χ0v) is 24.4. The van der Waals surface area contributed by atoms with Crippen molar-refractivity contribution in [3.05, 3.63) is 72.2 Å². The van der Waals surface area contributed by atoms with Crippen LogP contribution in [0, 0.1) is 12.8 Å². The number of hydrogen-bond acceptors (Lipinski definition) is 7. The molecule has 0 radical (unpaired) electrons. The number of carbonyl (C=O) groups is 1. The maximum absolute atomic E-state index is 13.3. The summed E-state index contributed by atoms with van der Waals surface area (Å²) in [6, 6.07) is 14.5. The van der Waals surface area contributed by atoms with E-state index in [1.165, 1.54) is 19.3 Å². The van der Waals surface area contributed by atoms with Gasteiger partial charge in [-0.15, -0.1) is 0 Å². The van der Waals surface area contributed by atoms with Crippen LogP contribution in [0.5, 0.6) is 11.6 Å². The van der Waals surface area contributed by atoms with Crippen molar-refractivity contribution in [3.63, 3.8) is 0 Å². The lowest BCUT2D eigenvalue weighted by molar-refractivity contribution is 0.101. The summed E-state index contributed by atoms with van der Waals surface area (Å²) in [4.78, 5) is 26.5. The highest BCUT2D eigenvalue weighted by atomic mass is 32.2. The monoisotopic (exact) mass is 578 g/mol. The molecule has 1 saturated heterocycles. The van der Waals surface area contributed by atoms with E-state index in [1.54, 1.807) is 30.5 Å². The summed E-state index contributed by atoms with van der Waals surface area (Å²) >= 11 is 0. The quantitative estimate of drug-likeness (QED) is 0.338. The maximum atomic E-state index is 13.3. The van der Waals surface area contributed by atoms with Gasteiger partial charge in [-0.2, -0.15) is 0 Å². The van der Waals surface area contributed by atoms with Gasteiger partial charge in [-0.1, -0.05) is 12.5 Å². The minimum absolute atomic E-state index is 0.0258. The number of likely N-dealkylation sites (tertiary alicyclic amines) is 1. The highest BCUT2D eigenvalue weighted by molar-refractivity contribution is 7.92. The number of hydrogen-bond donors (Lipinski definition) is 2. The lowest BCUT2D eigenvalue weighted by atomic mass is 9.84. The number of amides is 2. The van der Waals surface area contributed by atoms with E-state index >= 15 is 0 Å². The Hall–Kier alpha value is -3.70. The second-order valence-corrected chi connectivity index (χ2v) is 12.8. The molecule has 11 heteroatoms. The first-order chi connectivity index (χ1) is 19.7. The van der Waals surface area contributed by atoms with Crippen molar-refractivity contribution in [3.8, 4) is 11.6 Å². The Morgan fingerprint density at radius 2 is 1.71 bits per heavy atom. The predicted octanol–water partition coefficient (Wildman–Crippen LogP) is 5.25. The molecular weight excluding hydrogens is 540 g/mol. The molecule has 0 atom stereocenters. The van der Waals surface area contributed by atoms with E-state index in [4.69, 9.17) is 4.74 Å². The smallest absolute Gasteiger partial charge is 0.322 e. The standard InChI is InChI=1S/C30H38N6O4S/c1-22-6-8-26(19-31-22)33-30(37)36(21-23-4-3-5-23)27-14-16-35(17-15-27)20-24-7-13-29(32-18-24)40-28-11-9-25(10-12-28)34-41(2,38)39/h6-13,18-19,23,27,34H,3-5,14-17,20-21H2,1-2H3,(H,33,37). The number of aromatic nitrogens is 2. The average molecular weight is 579 g/mol. The average Bonchev–Trinajstić information content (AvgIpc) is 2.91. The number of benzene rings is 1. The lowest BCUT2D eigenvalue weighted by Gasteiger charge is -2.41. The van der Waals surface area contributed by atoms with Gasteiger partial charge in [-0.05, 0) is 80.5 Å². The molecule has 41 heavy (non-hydrogen) atoms. The zero-order chi connectivity index (χ0) is 28.8. The number of nitrogens with zero attached hydrogens (tertiary/aromatic N) is 4. The van der Waals surface area contributed by atoms with E-state index in [2.05, 4.69) is 29.8 Å². The number of anilines is 2. The third-order valence-electron chi connectivity index (χ3n) is 7.68. The van der Waals surface area contributed by atoms with E-state index in [0.29, 0.717) is 23.2 Å². The number of aryl methyl sites for hydroxylation is 1. The number of ether oxygens (including phenoxy) is 1. The molecule has 2 aromatic heterocycles. The highest BCUT2D eigenvalue weighted by Gasteiger charge is 2.31. The first-order valence-corrected chi connectivity index (χ1v) is 16.0. The van der Waals surface area contributed by atoms with Crippen molar-refractivity contribution in [1.82, 2.24) is 19.8 Å². The van der Waals surface area contributed by atoms with Gasteiger partial charge in [0.1, 0.15) is 5.75 Å². The summed E-state index contributed by atoms with van der Waals surface area (Å²) < 4.78 is 31.0. The van der Waals surface area contributed by atoms with Gasteiger partial charge in [-0.3, -0.25) is 14.6 Å². The topological polar surface area (TPSA) is 117 Å². The Morgan fingerprint density at radius 1 is 0.976 bits per heavy atom. The Morgan fingerprint density at radius 3 is 2.29 bits per heavy atom. The van der Waals surface area contributed by atoms with Gasteiger partial charge in [0, 0.05) is 55.9 Å². The number of piperidine rings is 1. The van der Waals surface area contributed by atoms with Crippen LogP contribution in [0.3, 0.4) is 0 Å². The molecule has 0 unspecified atom stereocenters. The first-order valence-electron chi connectivity index (χ1n) is 14.1. The third kappa shape index (κ3) is 8.40. The van der Waals surface area contributed by atoms with Gasteiger partial charge >= 0.3 is 6.03 Å². The summed E-state index contributed by atoms with van der Waals surface area (Å²) in [5.74, 6) is 1.64. The summed E-state index contributed by atoms with van der Waals surface area (Å²) in [7, 11) is -3.32. The number of sulfonamides is 1. The number of urea groups is 1. The van der Waals surface area contributed by atoms with E-state index in [9.17, 15) is 13.2 Å². The summed E-state index contributed by atoms with van der Waals surface area (Å²) in [5.41, 5.74) is 3.23. The largest absolute Gasteiger partial charge is 0.439 e. The summed E-state index contributed by atoms with van der Waals surface area (Å²) in [6.45, 7) is 5.37. The van der Waals surface area contributed by atoms with Gasteiger partial charge in [0.25, 0.3) is 0 Å². The van der Waals surface area contributed by atoms with Gasteiger partial charge < -0.3 is 15.0 Å². The van der Waals surface area contributed by atoms with Crippen LogP contribution in [-0.4, -0.2) is 66.1 Å². The summed E-state index contributed by atoms with van der Waals surface area (Å²) in [6.07, 6.45) is 10.2. The third-order valence-corrected chi connectivity index (χ3v) is 8.29. The molecule has 3 aromatic rings. The van der Waals surface area contributed by atoms with Crippen LogP contribution in [0.1, 0.15) is 43.4 Å². The molecule has 10 nitrogen and oxygen atoms in total. The van der Waals surface area contributed by atoms with Gasteiger partial charge in [0.2, 0.25) is 15.9 Å². The molecular formula is C30H38N6O4S. The normalized spacial score (nSPS) is 16.5. The van der Waals surface area contributed by atoms with E-state index in [-0.39, 0.29) is 12.1 Å². The van der Waals surface area contributed by atoms with Crippen molar-refractivity contribution < 1.29 is 17.9 Å². The second kappa shape index (κ2) is 12.9. The molecule has 0 spiro atoms. The number of carbonyl (C=O) groups excluding carboxylic acids is 1. The molecule has 2 amide bonds. The van der Waals surface area contributed by atoms with Crippen molar-refractivity contribution >= 4 is 27.4 Å². The second-order valence-electron chi connectivity index (χ2n) is 11.1. The molecule has 3 heterocycles. The van der Waals surface area contributed by atoms with Crippen LogP contribution in [0.4, 0.5) is 16.2 Å². The minimum Gasteiger partial charge on any atom is -0.439 e. The molecule has 0 bridgehead atoms. The molecule has 1 aromatic carbocycles. The first kappa shape index (κ1) is 28.8. The Balaban J connectivity index is 1.12. The fourth-order valence-electron chi connectivity index (χ4n) is 5.23. The molecule has 2 N–H and O–H groups in total. The number of nitrogens with one attached hydrogen (secondary N) is 2. The molecule has 2 fully saturated rings. The Labute approximate surface area is 242 Å². The van der Waals surface area contributed by atoms with E-state index in [1.807, 2.05) is 37.4 Å². The van der Waals surface area contributed by atoms with Gasteiger partial charge in [0.05, 0.1) is 18.1 Å². The fourth-order valence-corrected chi connectivity index (χ4v) is 5.79. The van der Waals surface area contributed by atoms with Crippen LogP contribution >= 0.6 is 0 Å². The van der Waals surface area contributed by atoms with Crippen molar-refractivity contribution in [2.24, 2.45) is 5.92 Å². The molecule has 1 aliphatic carbocycles.